The molecule has 2 aromatic carbocycles. The zero-order valence-corrected chi connectivity index (χ0v) is 15.7. The maximum absolute atomic E-state index is 6.16. The number of hydrogen-bond donors (Lipinski definition) is 0. The van der Waals surface area contributed by atoms with Crippen LogP contribution in [0, 0.1) is 0 Å². The van der Waals surface area contributed by atoms with Gasteiger partial charge in [0.1, 0.15) is 23.9 Å². The van der Waals surface area contributed by atoms with Crippen molar-refractivity contribution in [2.24, 2.45) is 0 Å². The molecule has 0 saturated heterocycles. The minimum atomic E-state index is 0.244. The van der Waals surface area contributed by atoms with E-state index in [-0.39, 0.29) is 6.61 Å². The standard InChI is InChI=1S/C19H16Cl2N2O3/c1-24-17-10-18(25-2)14(19-22-6-3-7-23-19)8-12(17)11-26-16-5-4-13(20)9-15(16)21/h3-10H,11H2,1-2H3. The number of rotatable bonds is 6. The van der Waals surface area contributed by atoms with Crippen LogP contribution in [0.1, 0.15) is 5.56 Å². The topological polar surface area (TPSA) is 53.5 Å². The van der Waals surface area contributed by atoms with Crippen molar-refractivity contribution in [3.63, 3.8) is 0 Å². The van der Waals surface area contributed by atoms with Gasteiger partial charge in [-0.1, -0.05) is 23.2 Å². The summed E-state index contributed by atoms with van der Waals surface area (Å²) in [7, 11) is 3.18. The Balaban J connectivity index is 1.95. The molecule has 0 aliphatic carbocycles. The Hall–Kier alpha value is -2.50. The maximum atomic E-state index is 6.16. The Morgan fingerprint density at radius 2 is 1.62 bits per heavy atom. The Bertz CT molecular complexity index is 905. The van der Waals surface area contributed by atoms with Crippen molar-refractivity contribution in [3.05, 3.63) is 64.4 Å². The van der Waals surface area contributed by atoms with Crippen LogP contribution < -0.4 is 14.2 Å². The van der Waals surface area contributed by atoms with Crippen molar-refractivity contribution in [2.75, 3.05) is 14.2 Å². The van der Waals surface area contributed by atoms with E-state index >= 15 is 0 Å². The van der Waals surface area contributed by atoms with Gasteiger partial charge in [-0.25, -0.2) is 9.97 Å². The van der Waals surface area contributed by atoms with Crippen LogP contribution in [0.2, 0.25) is 10.0 Å². The molecule has 0 amide bonds. The van der Waals surface area contributed by atoms with E-state index in [0.29, 0.717) is 33.1 Å². The molecule has 0 fully saturated rings. The van der Waals surface area contributed by atoms with Crippen LogP contribution in [-0.2, 0) is 6.61 Å². The summed E-state index contributed by atoms with van der Waals surface area (Å²) in [6.45, 7) is 0.244. The summed E-state index contributed by atoms with van der Waals surface area (Å²) < 4.78 is 16.7. The molecule has 0 N–H and O–H groups in total. The highest BCUT2D eigenvalue weighted by atomic mass is 35.5. The lowest BCUT2D eigenvalue weighted by Gasteiger charge is -2.15. The monoisotopic (exact) mass is 390 g/mol. The summed E-state index contributed by atoms with van der Waals surface area (Å²) in [5, 5.41) is 0.990. The number of halogens is 2. The fourth-order valence-corrected chi connectivity index (χ4v) is 2.90. The molecule has 5 nitrogen and oxygen atoms in total. The number of aromatic nitrogens is 2. The number of nitrogens with zero attached hydrogens (tertiary/aromatic N) is 2. The lowest BCUT2D eigenvalue weighted by Crippen LogP contribution is -2.02. The highest BCUT2D eigenvalue weighted by Crippen LogP contribution is 2.35. The van der Waals surface area contributed by atoms with E-state index in [9.17, 15) is 0 Å². The van der Waals surface area contributed by atoms with Crippen LogP contribution in [0.15, 0.2) is 48.8 Å². The summed E-state index contributed by atoms with van der Waals surface area (Å²) in [6.07, 6.45) is 3.35. The summed E-state index contributed by atoms with van der Waals surface area (Å²) in [4.78, 5) is 8.58. The van der Waals surface area contributed by atoms with Crippen LogP contribution in [0.4, 0.5) is 0 Å². The van der Waals surface area contributed by atoms with Gasteiger partial charge >= 0.3 is 0 Å². The number of benzene rings is 2. The predicted molar refractivity (Wildman–Crippen MR) is 101 cm³/mol. The third kappa shape index (κ3) is 4.00. The summed E-state index contributed by atoms with van der Waals surface area (Å²) in [6, 6.07) is 10.5. The van der Waals surface area contributed by atoms with Crippen LogP contribution in [0.25, 0.3) is 11.4 Å². The van der Waals surface area contributed by atoms with Crippen molar-refractivity contribution in [2.45, 2.75) is 6.61 Å². The molecule has 0 radical (unpaired) electrons. The highest BCUT2D eigenvalue weighted by Gasteiger charge is 2.15. The number of hydrogen-bond acceptors (Lipinski definition) is 5. The molecule has 3 rings (SSSR count). The second kappa shape index (κ2) is 8.25. The van der Waals surface area contributed by atoms with Gasteiger partial charge in [0.2, 0.25) is 0 Å². The van der Waals surface area contributed by atoms with Gasteiger partial charge in [-0.05, 0) is 30.3 Å². The SMILES string of the molecule is COc1cc(OC)c(-c2ncccn2)cc1COc1ccc(Cl)cc1Cl. The molecule has 1 aromatic heterocycles. The van der Waals surface area contributed by atoms with Gasteiger partial charge in [-0.3, -0.25) is 0 Å². The molecule has 134 valence electrons. The lowest BCUT2D eigenvalue weighted by atomic mass is 10.1. The Morgan fingerprint density at radius 1 is 0.885 bits per heavy atom. The largest absolute Gasteiger partial charge is 0.496 e. The molecule has 7 heteroatoms. The lowest BCUT2D eigenvalue weighted by molar-refractivity contribution is 0.296. The summed E-state index contributed by atoms with van der Waals surface area (Å²) >= 11 is 12.1. The molecule has 0 atom stereocenters. The van der Waals surface area contributed by atoms with Crippen LogP contribution in [0.5, 0.6) is 17.2 Å². The van der Waals surface area contributed by atoms with E-state index in [1.54, 1.807) is 56.9 Å². The van der Waals surface area contributed by atoms with Crippen molar-refractivity contribution >= 4 is 23.2 Å². The van der Waals surface area contributed by atoms with Crippen molar-refractivity contribution < 1.29 is 14.2 Å². The molecule has 0 aliphatic heterocycles. The first-order valence-corrected chi connectivity index (χ1v) is 8.48. The smallest absolute Gasteiger partial charge is 0.162 e. The first-order chi connectivity index (χ1) is 12.6. The molecular formula is C19H16Cl2N2O3. The van der Waals surface area contributed by atoms with Crippen LogP contribution in [-0.4, -0.2) is 24.2 Å². The third-order valence-corrected chi connectivity index (χ3v) is 4.22. The zero-order valence-electron chi connectivity index (χ0n) is 14.2. The van der Waals surface area contributed by atoms with Crippen molar-refractivity contribution in [1.82, 2.24) is 9.97 Å². The van der Waals surface area contributed by atoms with Crippen LogP contribution in [0.3, 0.4) is 0 Å². The normalized spacial score (nSPS) is 10.5. The van der Waals surface area contributed by atoms with E-state index in [1.807, 2.05) is 6.07 Å². The first kappa shape index (κ1) is 18.3. The van der Waals surface area contributed by atoms with Gasteiger partial charge in [0, 0.05) is 29.0 Å². The van der Waals surface area contributed by atoms with E-state index in [0.717, 1.165) is 11.1 Å². The van der Waals surface area contributed by atoms with E-state index < -0.39 is 0 Å². The summed E-state index contributed by atoms with van der Waals surface area (Å²) in [5.41, 5.74) is 1.55. The predicted octanol–water partition coefficient (Wildman–Crippen LogP) is 5.05. The van der Waals surface area contributed by atoms with Gasteiger partial charge < -0.3 is 14.2 Å². The molecular weight excluding hydrogens is 375 g/mol. The van der Waals surface area contributed by atoms with Crippen molar-refractivity contribution in [3.8, 4) is 28.6 Å². The highest BCUT2D eigenvalue weighted by molar-refractivity contribution is 6.35. The first-order valence-electron chi connectivity index (χ1n) is 7.72. The van der Waals surface area contributed by atoms with Gasteiger partial charge in [0.05, 0.1) is 24.8 Å². The van der Waals surface area contributed by atoms with Crippen LogP contribution >= 0.6 is 23.2 Å². The minimum absolute atomic E-state index is 0.244. The number of methoxy groups -OCH3 is 2. The molecule has 3 aromatic rings. The third-order valence-electron chi connectivity index (χ3n) is 3.69. The van der Waals surface area contributed by atoms with E-state index in [1.165, 1.54) is 0 Å². The van der Waals surface area contributed by atoms with Gasteiger partial charge in [-0.2, -0.15) is 0 Å². The van der Waals surface area contributed by atoms with E-state index in [2.05, 4.69) is 9.97 Å². The molecule has 26 heavy (non-hydrogen) atoms. The van der Waals surface area contributed by atoms with Crippen molar-refractivity contribution in [1.29, 1.82) is 0 Å². The Kier molecular flexibility index (Phi) is 5.81. The molecule has 1 heterocycles. The summed E-state index contributed by atoms with van der Waals surface area (Å²) in [5.74, 6) is 2.33. The minimum Gasteiger partial charge on any atom is -0.496 e. The van der Waals surface area contributed by atoms with Gasteiger partial charge in [-0.15, -0.1) is 0 Å². The Morgan fingerprint density at radius 3 is 2.27 bits per heavy atom. The second-order valence-electron chi connectivity index (χ2n) is 5.30. The molecule has 0 bridgehead atoms. The molecule has 0 aliphatic rings. The quantitative estimate of drug-likeness (QED) is 0.589. The molecule has 0 spiro atoms. The maximum Gasteiger partial charge on any atom is 0.162 e. The van der Waals surface area contributed by atoms with E-state index in [4.69, 9.17) is 37.4 Å². The average Bonchev–Trinajstić information content (AvgIpc) is 2.67. The number of ether oxygens (including phenoxy) is 3. The zero-order chi connectivity index (χ0) is 18.5. The Labute approximate surface area is 161 Å². The average molecular weight is 391 g/mol. The van der Waals surface area contributed by atoms with Gasteiger partial charge in [0.25, 0.3) is 0 Å². The molecule has 0 saturated carbocycles. The van der Waals surface area contributed by atoms with Gasteiger partial charge in [0.15, 0.2) is 5.82 Å². The second-order valence-corrected chi connectivity index (χ2v) is 6.14. The molecule has 0 unspecified atom stereocenters. The fraction of sp³-hybridized carbons (Fsp3) is 0.158. The fourth-order valence-electron chi connectivity index (χ4n) is 2.44.